The number of aliphatic imine (C=N–C) groups is 2. The van der Waals surface area contributed by atoms with E-state index in [0.717, 1.165) is 0 Å². The van der Waals surface area contributed by atoms with E-state index in [4.69, 9.17) is 14.4 Å². The van der Waals surface area contributed by atoms with Crippen molar-refractivity contribution in [3.63, 3.8) is 0 Å². The highest BCUT2D eigenvalue weighted by Crippen LogP contribution is 2.29. The molecule has 2 aromatic carbocycles. The molecule has 2 amide bonds. The van der Waals surface area contributed by atoms with E-state index in [1.54, 1.807) is 51.1 Å². The normalized spacial score (nSPS) is 12.4. The second-order valence-corrected chi connectivity index (χ2v) is 9.34. The van der Waals surface area contributed by atoms with Crippen LogP contribution in [0.1, 0.15) is 44.2 Å². The fraction of sp³-hybridized carbons (Fsp3) is 0.414. The third kappa shape index (κ3) is 10.8. The number of aryl methyl sites for hydroxylation is 1. The number of ether oxygens (including phenoxy) is 2. The van der Waals surface area contributed by atoms with Crippen LogP contribution in [-0.2, 0) is 38.7 Å². The number of hydrogen-bond donors (Lipinski definition) is 2. The van der Waals surface area contributed by atoms with Crippen molar-refractivity contribution in [2.75, 3.05) is 24.4 Å². The Labute approximate surface area is 248 Å². The molecule has 0 spiro atoms. The van der Waals surface area contributed by atoms with Crippen molar-refractivity contribution in [1.82, 2.24) is 0 Å². The molecule has 14 nitrogen and oxygen atoms in total. The van der Waals surface area contributed by atoms with E-state index in [-0.39, 0.29) is 6.61 Å². The maximum Gasteiger partial charge on any atom is 0.446 e. The van der Waals surface area contributed by atoms with Crippen LogP contribution in [0.25, 0.3) is 0 Å². The molecule has 14 heteroatoms. The molecule has 0 saturated carbocycles. The maximum atomic E-state index is 12.8. The van der Waals surface area contributed by atoms with Gasteiger partial charge in [0.2, 0.25) is 12.2 Å². The zero-order valence-electron chi connectivity index (χ0n) is 24.5. The fourth-order valence-electron chi connectivity index (χ4n) is 4.26. The molecule has 0 aliphatic carbocycles. The number of carbonyl (C=O) groups excluding carboxylic acids is 5. The van der Waals surface area contributed by atoms with Crippen LogP contribution >= 0.6 is 0 Å². The molecule has 0 radical (unpaired) electrons. The lowest BCUT2D eigenvalue weighted by atomic mass is 9.84. The zero-order valence-corrected chi connectivity index (χ0v) is 24.5. The number of benzene rings is 2. The number of nitrogens with one attached hydrogen (secondary N) is 2. The number of carbonyl (C=O) groups is 3. The summed E-state index contributed by atoms with van der Waals surface area (Å²) in [6.07, 6.45) is 1.60. The highest BCUT2D eigenvalue weighted by Gasteiger charge is 2.33. The molecule has 3 unspecified atom stereocenters. The Hall–Kier alpha value is -4.87. The number of anilines is 2. The monoisotopic (exact) mass is 598 g/mol. The minimum Gasteiger partial charge on any atom is -0.469 e. The molecule has 0 aliphatic rings. The number of methoxy groups -OCH3 is 1. The summed E-state index contributed by atoms with van der Waals surface area (Å²) in [6, 6.07) is 9.55. The molecule has 0 aliphatic heterocycles. The van der Waals surface area contributed by atoms with Gasteiger partial charge in [0.15, 0.2) is 0 Å². The van der Waals surface area contributed by atoms with Crippen LogP contribution in [0.5, 0.6) is 0 Å². The average molecular weight is 599 g/mol. The van der Waals surface area contributed by atoms with E-state index in [9.17, 15) is 24.0 Å². The molecule has 0 saturated heterocycles. The van der Waals surface area contributed by atoms with Crippen LogP contribution < -0.4 is 10.6 Å². The van der Waals surface area contributed by atoms with Gasteiger partial charge in [0.1, 0.15) is 6.10 Å². The molecule has 230 valence electrons. The Morgan fingerprint density at radius 3 is 2.37 bits per heavy atom. The molecule has 0 aromatic heterocycles. The summed E-state index contributed by atoms with van der Waals surface area (Å²) in [7, 11) is 1.27. The summed E-state index contributed by atoms with van der Waals surface area (Å²) >= 11 is 0. The molecular weight excluding hydrogens is 564 g/mol. The predicted octanol–water partition coefficient (Wildman–Crippen LogP) is 5.88. The van der Waals surface area contributed by atoms with Gasteiger partial charge in [-0.2, -0.15) is 14.9 Å². The van der Waals surface area contributed by atoms with Gasteiger partial charge in [-0.15, -0.1) is 0 Å². The quantitative estimate of drug-likeness (QED) is 0.0627. The Morgan fingerprint density at radius 2 is 1.70 bits per heavy atom. The van der Waals surface area contributed by atoms with E-state index < -0.39 is 36.1 Å². The van der Waals surface area contributed by atoms with Gasteiger partial charge in [0.25, 0.3) is 0 Å². The second kappa shape index (κ2) is 17.8. The molecule has 2 N–H and O–H groups in total. The summed E-state index contributed by atoms with van der Waals surface area (Å²) in [5.41, 5.74) is 2.64. The Kier molecular flexibility index (Phi) is 14.2. The second-order valence-electron chi connectivity index (χ2n) is 9.34. The van der Waals surface area contributed by atoms with Gasteiger partial charge in [-0.1, -0.05) is 26.0 Å². The first-order chi connectivity index (χ1) is 20.6. The number of isocyanates is 2. The van der Waals surface area contributed by atoms with Gasteiger partial charge in [0, 0.05) is 17.3 Å². The van der Waals surface area contributed by atoms with Crippen molar-refractivity contribution in [2.45, 2.75) is 53.1 Å². The Bertz CT molecular complexity index is 1370. The number of hydrogen-bond acceptors (Lipinski definition) is 12. The van der Waals surface area contributed by atoms with Gasteiger partial charge in [0.05, 0.1) is 31.0 Å². The minimum atomic E-state index is -0.975. The van der Waals surface area contributed by atoms with Crippen LogP contribution in [0, 0.1) is 25.7 Å². The van der Waals surface area contributed by atoms with Crippen LogP contribution in [0.4, 0.5) is 32.3 Å². The third-order valence-corrected chi connectivity index (χ3v) is 6.62. The molecular formula is C29H34N4O10. The van der Waals surface area contributed by atoms with Crippen LogP contribution in [0.15, 0.2) is 46.4 Å². The largest absolute Gasteiger partial charge is 0.469 e. The molecule has 2 aromatic rings. The van der Waals surface area contributed by atoms with Gasteiger partial charge in [-0.05, 0) is 73.5 Å². The van der Waals surface area contributed by atoms with Gasteiger partial charge in [-0.3, -0.25) is 15.4 Å². The predicted molar refractivity (Wildman–Crippen MR) is 153 cm³/mol. The highest BCUT2D eigenvalue weighted by atomic mass is 17.5. The summed E-state index contributed by atoms with van der Waals surface area (Å²) in [5, 5.41) is 9.62. The third-order valence-electron chi connectivity index (χ3n) is 6.62. The molecule has 0 heterocycles. The first-order valence-electron chi connectivity index (χ1n) is 13.3. The molecule has 2 rings (SSSR count). The lowest BCUT2D eigenvalue weighted by Crippen LogP contribution is -2.36. The molecule has 43 heavy (non-hydrogen) atoms. The van der Waals surface area contributed by atoms with E-state index in [1.807, 2.05) is 6.92 Å². The number of amides is 2. The molecule has 0 fully saturated rings. The maximum absolute atomic E-state index is 12.8. The minimum absolute atomic E-state index is 0.0217. The standard InChI is InChI=1S/C29H34N4O10/c1-6-26(41-28(37)32-24-11-7-10-23(20(24)4)31-17-35)22(19(3)27(36)39-5)9-8-14-40-43-42-29(38)33-25-15-21(30-16-34)13-12-18(25)2/h7,10-13,15,19,22,26H,6,8-9,14H2,1-5H3,(H,32,37)(H,33,38). The van der Waals surface area contributed by atoms with E-state index in [0.29, 0.717) is 53.1 Å². The van der Waals surface area contributed by atoms with Crippen LogP contribution in [0.2, 0.25) is 0 Å². The SMILES string of the molecule is CCC(OC(=O)Nc1cccc(N=C=O)c1C)C(CCCOOOC(=O)Nc1cc(N=C=O)ccc1C)C(C)C(=O)OC. The smallest absolute Gasteiger partial charge is 0.446 e. The van der Waals surface area contributed by atoms with E-state index in [1.165, 1.54) is 25.3 Å². The average Bonchev–Trinajstić information content (AvgIpc) is 2.99. The van der Waals surface area contributed by atoms with E-state index >= 15 is 0 Å². The lowest BCUT2D eigenvalue weighted by Gasteiger charge is -2.29. The fourth-order valence-corrected chi connectivity index (χ4v) is 4.26. The van der Waals surface area contributed by atoms with Crippen molar-refractivity contribution in [2.24, 2.45) is 21.8 Å². The van der Waals surface area contributed by atoms with Gasteiger partial charge >= 0.3 is 18.2 Å². The van der Waals surface area contributed by atoms with Gasteiger partial charge < -0.3 is 9.47 Å². The van der Waals surface area contributed by atoms with E-state index in [2.05, 4.69) is 30.5 Å². The lowest BCUT2D eigenvalue weighted by molar-refractivity contribution is -0.480. The van der Waals surface area contributed by atoms with Crippen molar-refractivity contribution in [1.29, 1.82) is 0 Å². The van der Waals surface area contributed by atoms with Crippen molar-refractivity contribution in [3.8, 4) is 0 Å². The van der Waals surface area contributed by atoms with Crippen molar-refractivity contribution in [3.05, 3.63) is 47.5 Å². The Balaban J connectivity index is 1.93. The van der Waals surface area contributed by atoms with Crippen LogP contribution in [0.3, 0.4) is 0 Å². The number of nitrogens with zero attached hydrogens (tertiary/aromatic N) is 2. The van der Waals surface area contributed by atoms with Gasteiger partial charge in [-0.25, -0.2) is 24.1 Å². The first-order valence-corrected chi connectivity index (χ1v) is 13.3. The van der Waals surface area contributed by atoms with Crippen LogP contribution in [-0.4, -0.2) is 50.1 Å². The Morgan fingerprint density at radius 1 is 0.977 bits per heavy atom. The summed E-state index contributed by atoms with van der Waals surface area (Å²) in [6.45, 7) is 6.88. The number of rotatable bonds is 15. The first kappa shape index (κ1) is 34.3. The van der Waals surface area contributed by atoms with Crippen molar-refractivity contribution >= 4 is 53.1 Å². The summed E-state index contributed by atoms with van der Waals surface area (Å²) in [5.74, 6) is -1.55. The van der Waals surface area contributed by atoms with Crippen molar-refractivity contribution < 1.29 is 48.3 Å². The zero-order chi connectivity index (χ0) is 31.8. The topological polar surface area (TPSA) is 180 Å². The summed E-state index contributed by atoms with van der Waals surface area (Å²) < 4.78 is 10.6. The number of esters is 1. The summed E-state index contributed by atoms with van der Waals surface area (Å²) in [4.78, 5) is 74.9. The molecule has 0 bridgehead atoms. The highest BCUT2D eigenvalue weighted by molar-refractivity contribution is 5.87. The molecule has 3 atom stereocenters.